The number of amides is 1. The second-order valence-corrected chi connectivity index (χ2v) is 5.97. The Morgan fingerprint density at radius 3 is 2.85 bits per heavy atom. The van der Waals surface area contributed by atoms with Crippen LogP contribution in [0.4, 0.5) is 5.69 Å². The third-order valence-corrected chi connectivity index (χ3v) is 4.41. The van der Waals surface area contributed by atoms with E-state index in [1.807, 2.05) is 0 Å². The number of nitrogens with zero attached hydrogens (tertiary/aromatic N) is 5. The molecular formula is C15H11N5O5S. The van der Waals surface area contributed by atoms with Gasteiger partial charge in [0.2, 0.25) is 0 Å². The fraction of sp³-hybridized carbons (Fsp3) is 0.133. The fourth-order valence-corrected chi connectivity index (χ4v) is 3.22. The fourth-order valence-electron chi connectivity index (χ4n) is 2.16. The first-order valence-corrected chi connectivity index (χ1v) is 8.01. The van der Waals surface area contributed by atoms with Crippen molar-refractivity contribution in [2.75, 3.05) is 7.11 Å². The Morgan fingerprint density at radius 1 is 1.38 bits per heavy atom. The molecule has 0 fully saturated rings. The summed E-state index contributed by atoms with van der Waals surface area (Å²) in [6.45, 7) is -0.194. The molecule has 0 N–H and O–H groups in total. The number of carbonyl (C=O) groups is 2. The lowest BCUT2D eigenvalue weighted by molar-refractivity contribution is -0.384. The summed E-state index contributed by atoms with van der Waals surface area (Å²) in [4.78, 5) is 46.3. The Kier molecular flexibility index (Phi) is 4.80. The molecule has 0 spiro atoms. The summed E-state index contributed by atoms with van der Waals surface area (Å²) in [7, 11) is 1.24. The van der Waals surface area contributed by atoms with Crippen molar-refractivity contribution in [1.82, 2.24) is 14.5 Å². The molecule has 1 amide bonds. The molecule has 2 heterocycles. The number of benzene rings is 1. The Labute approximate surface area is 149 Å². The van der Waals surface area contributed by atoms with E-state index in [1.54, 1.807) is 0 Å². The first-order chi connectivity index (χ1) is 12.5. The summed E-state index contributed by atoms with van der Waals surface area (Å²) in [6.07, 6.45) is 4.06. The number of hydrogen-bond acceptors (Lipinski definition) is 8. The van der Waals surface area contributed by atoms with Crippen molar-refractivity contribution >= 4 is 39.1 Å². The highest BCUT2D eigenvalue weighted by atomic mass is 32.1. The average molecular weight is 373 g/mol. The van der Waals surface area contributed by atoms with Crippen molar-refractivity contribution in [3.63, 3.8) is 0 Å². The summed E-state index contributed by atoms with van der Waals surface area (Å²) in [6, 6.07) is 4.18. The molecule has 0 saturated carbocycles. The first-order valence-electron chi connectivity index (χ1n) is 7.19. The van der Waals surface area contributed by atoms with Gasteiger partial charge in [-0.3, -0.25) is 24.7 Å². The van der Waals surface area contributed by atoms with Gasteiger partial charge in [-0.25, -0.2) is 4.98 Å². The number of nitro benzene ring substituents is 1. The number of carbonyl (C=O) groups excluding carboxylic acids is 2. The summed E-state index contributed by atoms with van der Waals surface area (Å²) in [5.41, 5.74) is 0.466. The SMILES string of the molecule is COC(=O)Cn1c(=NC(=O)c2cnccn2)sc2cc([N+](=O)[O-])ccc21. The zero-order valence-electron chi connectivity index (χ0n) is 13.4. The number of non-ortho nitro benzene ring substituents is 1. The Hall–Kier alpha value is -3.47. The largest absolute Gasteiger partial charge is 0.468 e. The molecule has 0 saturated heterocycles. The maximum Gasteiger partial charge on any atom is 0.325 e. The molecule has 3 rings (SSSR count). The van der Waals surface area contributed by atoms with Gasteiger partial charge in [0.05, 0.1) is 28.4 Å². The third-order valence-electron chi connectivity index (χ3n) is 3.37. The predicted molar refractivity (Wildman–Crippen MR) is 90.4 cm³/mol. The Bertz CT molecular complexity index is 1070. The van der Waals surface area contributed by atoms with Gasteiger partial charge in [0, 0.05) is 24.5 Å². The van der Waals surface area contributed by atoms with Crippen molar-refractivity contribution in [3.8, 4) is 0 Å². The lowest BCUT2D eigenvalue weighted by Crippen LogP contribution is -2.22. The summed E-state index contributed by atoms with van der Waals surface area (Å²) >= 11 is 1.05. The quantitative estimate of drug-likeness (QED) is 0.383. The monoisotopic (exact) mass is 373 g/mol. The zero-order chi connectivity index (χ0) is 18.7. The molecule has 132 valence electrons. The smallest absolute Gasteiger partial charge is 0.325 e. The molecule has 0 atom stereocenters. The van der Waals surface area contributed by atoms with Crippen molar-refractivity contribution < 1.29 is 19.2 Å². The van der Waals surface area contributed by atoms with Crippen LogP contribution in [0.25, 0.3) is 10.2 Å². The van der Waals surface area contributed by atoms with E-state index >= 15 is 0 Å². The highest BCUT2D eigenvalue weighted by Gasteiger charge is 2.15. The molecule has 10 nitrogen and oxygen atoms in total. The molecule has 0 aliphatic rings. The van der Waals surface area contributed by atoms with E-state index in [0.717, 1.165) is 11.3 Å². The molecule has 2 aromatic heterocycles. The van der Waals surface area contributed by atoms with Gasteiger partial charge >= 0.3 is 5.97 Å². The minimum Gasteiger partial charge on any atom is -0.468 e. The van der Waals surface area contributed by atoms with Gasteiger partial charge in [-0.1, -0.05) is 11.3 Å². The van der Waals surface area contributed by atoms with Gasteiger partial charge in [0.1, 0.15) is 12.2 Å². The minimum absolute atomic E-state index is 0.0422. The van der Waals surface area contributed by atoms with Crippen LogP contribution in [-0.4, -0.2) is 38.4 Å². The van der Waals surface area contributed by atoms with Gasteiger partial charge in [0.25, 0.3) is 11.6 Å². The molecule has 1 aromatic carbocycles. The van der Waals surface area contributed by atoms with E-state index in [-0.39, 0.29) is 22.7 Å². The summed E-state index contributed by atoms with van der Waals surface area (Å²) in [5, 5.41) is 11.0. The molecular weight excluding hydrogens is 362 g/mol. The molecule has 3 aromatic rings. The molecule has 26 heavy (non-hydrogen) atoms. The van der Waals surface area contributed by atoms with E-state index in [2.05, 4.69) is 19.7 Å². The molecule has 0 aliphatic carbocycles. The number of aromatic nitrogens is 3. The summed E-state index contributed by atoms with van der Waals surface area (Å²) in [5.74, 6) is -1.19. The number of thiazole rings is 1. The number of fused-ring (bicyclic) bond motifs is 1. The van der Waals surface area contributed by atoms with E-state index in [0.29, 0.717) is 10.2 Å². The number of esters is 1. The first kappa shape index (κ1) is 17.4. The van der Waals surface area contributed by atoms with Crippen LogP contribution >= 0.6 is 11.3 Å². The van der Waals surface area contributed by atoms with Gasteiger partial charge in [-0.2, -0.15) is 4.99 Å². The van der Waals surface area contributed by atoms with E-state index in [4.69, 9.17) is 0 Å². The zero-order valence-corrected chi connectivity index (χ0v) is 14.2. The molecule has 0 aliphatic heterocycles. The molecule has 0 bridgehead atoms. The van der Waals surface area contributed by atoms with Crippen LogP contribution < -0.4 is 4.80 Å². The van der Waals surface area contributed by atoms with Crippen LogP contribution in [0.5, 0.6) is 0 Å². The second-order valence-electron chi connectivity index (χ2n) is 4.96. The van der Waals surface area contributed by atoms with Gasteiger partial charge < -0.3 is 9.30 Å². The van der Waals surface area contributed by atoms with Crippen molar-refractivity contribution in [2.24, 2.45) is 4.99 Å². The Balaban J connectivity index is 2.17. The van der Waals surface area contributed by atoms with Crippen LogP contribution in [0.15, 0.2) is 41.8 Å². The van der Waals surface area contributed by atoms with Crippen LogP contribution in [0.3, 0.4) is 0 Å². The number of ether oxygens (including phenoxy) is 1. The van der Waals surface area contributed by atoms with Crippen LogP contribution in [0, 0.1) is 10.1 Å². The maximum atomic E-state index is 12.3. The highest BCUT2D eigenvalue weighted by Crippen LogP contribution is 2.23. The van der Waals surface area contributed by atoms with Crippen molar-refractivity contribution in [2.45, 2.75) is 6.54 Å². The van der Waals surface area contributed by atoms with Crippen LogP contribution in [0.2, 0.25) is 0 Å². The Morgan fingerprint density at radius 2 is 2.19 bits per heavy atom. The van der Waals surface area contributed by atoms with Crippen molar-refractivity contribution in [3.05, 3.63) is 57.4 Å². The number of hydrogen-bond donors (Lipinski definition) is 0. The molecule has 11 heteroatoms. The van der Waals surface area contributed by atoms with Gasteiger partial charge in [0.15, 0.2) is 4.80 Å². The van der Waals surface area contributed by atoms with Crippen molar-refractivity contribution in [1.29, 1.82) is 0 Å². The average Bonchev–Trinajstić information content (AvgIpc) is 2.98. The lowest BCUT2D eigenvalue weighted by atomic mass is 10.3. The maximum absolute atomic E-state index is 12.3. The minimum atomic E-state index is -0.641. The number of methoxy groups -OCH3 is 1. The number of nitro groups is 1. The summed E-state index contributed by atoms with van der Waals surface area (Å²) < 4.78 is 6.64. The topological polar surface area (TPSA) is 130 Å². The number of rotatable bonds is 4. The van der Waals surface area contributed by atoms with E-state index in [1.165, 1.54) is 48.5 Å². The van der Waals surface area contributed by atoms with Gasteiger partial charge in [-0.15, -0.1) is 0 Å². The highest BCUT2D eigenvalue weighted by molar-refractivity contribution is 7.16. The van der Waals surface area contributed by atoms with Crippen LogP contribution in [0.1, 0.15) is 10.5 Å². The molecule has 0 radical (unpaired) electrons. The lowest BCUT2D eigenvalue weighted by Gasteiger charge is -2.03. The second kappa shape index (κ2) is 7.19. The van der Waals surface area contributed by atoms with E-state index < -0.39 is 16.8 Å². The van der Waals surface area contributed by atoms with Gasteiger partial charge in [-0.05, 0) is 6.07 Å². The normalized spacial score (nSPS) is 11.5. The third kappa shape index (κ3) is 3.47. The predicted octanol–water partition coefficient (Wildman–Crippen LogP) is 1.32. The molecule has 0 unspecified atom stereocenters. The van der Waals surface area contributed by atoms with E-state index in [9.17, 15) is 19.7 Å². The standard InChI is InChI=1S/C15H11N5O5S/c1-25-13(21)8-19-11-3-2-9(20(23)24)6-12(11)26-15(19)18-14(22)10-7-16-4-5-17-10/h2-7H,8H2,1H3. The van der Waals surface area contributed by atoms with Crippen LogP contribution in [-0.2, 0) is 16.1 Å².